The largest absolute Gasteiger partial charge is 0.488 e. The molecule has 0 unspecified atom stereocenters. The first kappa shape index (κ1) is 23.4. The highest BCUT2D eigenvalue weighted by Gasteiger charge is 2.29. The molecular formula is C24H22FN3O5S. The highest BCUT2D eigenvalue weighted by atomic mass is 32.2. The van der Waals surface area contributed by atoms with Crippen molar-refractivity contribution in [3.05, 3.63) is 89.7 Å². The van der Waals surface area contributed by atoms with Crippen molar-refractivity contribution in [3.63, 3.8) is 0 Å². The van der Waals surface area contributed by atoms with Gasteiger partial charge >= 0.3 is 0 Å². The van der Waals surface area contributed by atoms with Crippen molar-refractivity contribution in [3.8, 4) is 5.75 Å². The van der Waals surface area contributed by atoms with E-state index < -0.39 is 15.9 Å². The van der Waals surface area contributed by atoms with Gasteiger partial charge < -0.3 is 15.4 Å². The van der Waals surface area contributed by atoms with E-state index in [4.69, 9.17) is 4.74 Å². The van der Waals surface area contributed by atoms with Crippen molar-refractivity contribution in [2.45, 2.75) is 11.5 Å². The number of halogens is 1. The van der Waals surface area contributed by atoms with Crippen LogP contribution >= 0.6 is 0 Å². The number of nitrogens with zero attached hydrogens (tertiary/aromatic N) is 1. The standard InChI is InChI=1S/C24H22FN3O5S/c25-18-10-8-17(9-11-18)16-33-22-7-2-1-6-21(22)24(30)27-19-4-3-5-20(14-19)34(31,32)28-13-12-26-23(29)15-28/h1-11,14H,12-13,15-16H2,(H,26,29)(H,27,30). The number of carbonyl (C=O) groups excluding carboxylic acids is 2. The molecule has 8 nitrogen and oxygen atoms in total. The Morgan fingerprint density at radius 3 is 2.59 bits per heavy atom. The van der Waals surface area contributed by atoms with Crippen LogP contribution in [-0.2, 0) is 21.4 Å². The van der Waals surface area contributed by atoms with Gasteiger partial charge in [0.15, 0.2) is 0 Å². The second-order valence-corrected chi connectivity index (χ2v) is 9.52. The molecule has 0 saturated carbocycles. The van der Waals surface area contributed by atoms with Crippen molar-refractivity contribution in [2.75, 3.05) is 25.0 Å². The molecule has 0 aliphatic carbocycles. The molecule has 0 aromatic heterocycles. The van der Waals surface area contributed by atoms with Gasteiger partial charge in [0.05, 0.1) is 17.0 Å². The molecule has 1 aliphatic heterocycles. The third-order valence-electron chi connectivity index (χ3n) is 5.17. The molecule has 0 spiro atoms. The number of anilines is 1. The minimum atomic E-state index is -3.90. The predicted molar refractivity (Wildman–Crippen MR) is 123 cm³/mol. The third kappa shape index (κ3) is 5.41. The zero-order valence-electron chi connectivity index (χ0n) is 18.0. The van der Waals surface area contributed by atoms with Crippen molar-refractivity contribution < 1.29 is 27.1 Å². The van der Waals surface area contributed by atoms with Crippen molar-refractivity contribution in [1.82, 2.24) is 9.62 Å². The van der Waals surface area contributed by atoms with E-state index in [0.717, 1.165) is 9.87 Å². The summed E-state index contributed by atoms with van der Waals surface area (Å²) in [5.74, 6) is -0.873. The molecule has 3 aromatic rings. The minimum absolute atomic E-state index is 0.0270. The first-order chi connectivity index (χ1) is 16.3. The van der Waals surface area contributed by atoms with E-state index >= 15 is 0 Å². The summed E-state index contributed by atoms with van der Waals surface area (Å²) in [6.07, 6.45) is 0. The number of ether oxygens (including phenoxy) is 1. The number of benzene rings is 3. The maximum atomic E-state index is 13.1. The number of para-hydroxylation sites is 1. The smallest absolute Gasteiger partial charge is 0.259 e. The van der Waals surface area contributed by atoms with Gasteiger partial charge in [0.2, 0.25) is 15.9 Å². The molecule has 2 N–H and O–H groups in total. The van der Waals surface area contributed by atoms with Crippen LogP contribution in [0.1, 0.15) is 15.9 Å². The lowest BCUT2D eigenvalue weighted by molar-refractivity contribution is -0.122. The molecule has 1 saturated heterocycles. The Bertz CT molecular complexity index is 1310. The Morgan fingerprint density at radius 2 is 1.82 bits per heavy atom. The summed E-state index contributed by atoms with van der Waals surface area (Å²) in [5.41, 5.74) is 1.27. The molecule has 4 rings (SSSR count). The van der Waals surface area contributed by atoms with Crippen LogP contribution in [0.25, 0.3) is 0 Å². The van der Waals surface area contributed by atoms with Crippen LogP contribution in [0, 0.1) is 5.82 Å². The first-order valence-corrected chi connectivity index (χ1v) is 11.9. The van der Waals surface area contributed by atoms with Crippen molar-refractivity contribution in [2.24, 2.45) is 0 Å². The maximum Gasteiger partial charge on any atom is 0.259 e. The van der Waals surface area contributed by atoms with Crippen LogP contribution in [-0.4, -0.2) is 44.2 Å². The number of sulfonamides is 1. The van der Waals surface area contributed by atoms with Gasteiger partial charge in [-0.3, -0.25) is 9.59 Å². The Labute approximate surface area is 196 Å². The van der Waals surface area contributed by atoms with Crippen LogP contribution in [0.3, 0.4) is 0 Å². The first-order valence-electron chi connectivity index (χ1n) is 10.5. The van der Waals surface area contributed by atoms with Gasteiger partial charge in [-0.25, -0.2) is 12.8 Å². The second-order valence-electron chi connectivity index (χ2n) is 7.58. The topological polar surface area (TPSA) is 105 Å². The highest BCUT2D eigenvalue weighted by molar-refractivity contribution is 7.89. The summed E-state index contributed by atoms with van der Waals surface area (Å²) in [5, 5.41) is 5.29. The van der Waals surface area contributed by atoms with Crippen molar-refractivity contribution >= 4 is 27.5 Å². The van der Waals surface area contributed by atoms with E-state index in [2.05, 4.69) is 10.6 Å². The number of piperazine rings is 1. The molecule has 1 aliphatic rings. The molecule has 1 fully saturated rings. The number of carbonyl (C=O) groups is 2. The lowest BCUT2D eigenvalue weighted by atomic mass is 10.1. The minimum Gasteiger partial charge on any atom is -0.488 e. The zero-order chi connectivity index (χ0) is 24.1. The summed E-state index contributed by atoms with van der Waals surface area (Å²) < 4.78 is 45.8. The maximum absolute atomic E-state index is 13.1. The van der Waals surface area contributed by atoms with Gasteiger partial charge in [0.1, 0.15) is 18.2 Å². The number of amides is 2. The molecule has 0 bridgehead atoms. The number of rotatable bonds is 7. The van der Waals surface area contributed by atoms with Gasteiger partial charge in [-0.15, -0.1) is 0 Å². The van der Waals surface area contributed by atoms with Crippen molar-refractivity contribution in [1.29, 1.82) is 0 Å². The molecule has 0 atom stereocenters. The Kier molecular flexibility index (Phi) is 6.90. The number of hydrogen-bond donors (Lipinski definition) is 2. The molecule has 1 heterocycles. The summed E-state index contributed by atoms with van der Waals surface area (Å²) in [7, 11) is -3.90. The van der Waals surface area contributed by atoms with Crippen LogP contribution < -0.4 is 15.4 Å². The summed E-state index contributed by atoms with van der Waals surface area (Å²) in [6.45, 7) is 0.298. The fraction of sp³-hybridized carbons (Fsp3) is 0.167. The summed E-state index contributed by atoms with van der Waals surface area (Å²) >= 11 is 0. The summed E-state index contributed by atoms with van der Waals surface area (Å²) in [6, 6.07) is 18.3. The second kappa shape index (κ2) is 10.0. The van der Waals surface area contributed by atoms with Crippen LogP contribution in [0.15, 0.2) is 77.7 Å². The van der Waals surface area contributed by atoms with E-state index in [1.54, 1.807) is 42.5 Å². The fourth-order valence-corrected chi connectivity index (χ4v) is 4.87. The molecule has 10 heteroatoms. The van der Waals surface area contributed by atoms with Gasteiger partial charge in [0.25, 0.3) is 5.91 Å². The van der Waals surface area contributed by atoms with Crippen LogP contribution in [0.4, 0.5) is 10.1 Å². The summed E-state index contributed by atoms with van der Waals surface area (Å²) in [4.78, 5) is 24.5. The van der Waals surface area contributed by atoms with Gasteiger partial charge in [-0.2, -0.15) is 4.31 Å². The molecule has 0 radical (unpaired) electrons. The molecule has 2 amide bonds. The molecule has 3 aromatic carbocycles. The van der Waals surface area contributed by atoms with Crippen LogP contribution in [0.2, 0.25) is 0 Å². The van der Waals surface area contributed by atoms with E-state index in [1.165, 1.54) is 30.3 Å². The third-order valence-corrected chi connectivity index (χ3v) is 7.01. The quantitative estimate of drug-likeness (QED) is 0.538. The molecular weight excluding hydrogens is 461 g/mol. The zero-order valence-corrected chi connectivity index (χ0v) is 18.8. The predicted octanol–water partition coefficient (Wildman–Crippen LogP) is 2.78. The number of hydrogen-bond acceptors (Lipinski definition) is 5. The highest BCUT2D eigenvalue weighted by Crippen LogP contribution is 2.24. The monoisotopic (exact) mass is 483 g/mol. The average molecular weight is 484 g/mol. The normalized spacial score (nSPS) is 14.3. The lowest BCUT2D eigenvalue weighted by Gasteiger charge is -2.26. The van der Waals surface area contributed by atoms with Gasteiger partial charge in [0, 0.05) is 18.8 Å². The Balaban J connectivity index is 1.49. The Hall–Kier alpha value is -3.76. The van der Waals surface area contributed by atoms with Crippen LogP contribution in [0.5, 0.6) is 5.75 Å². The van der Waals surface area contributed by atoms with E-state index in [9.17, 15) is 22.4 Å². The lowest BCUT2D eigenvalue weighted by Crippen LogP contribution is -2.49. The van der Waals surface area contributed by atoms with Gasteiger partial charge in [-0.05, 0) is 48.0 Å². The van der Waals surface area contributed by atoms with E-state index in [-0.39, 0.29) is 54.1 Å². The van der Waals surface area contributed by atoms with E-state index in [1.807, 2.05) is 0 Å². The average Bonchev–Trinajstić information content (AvgIpc) is 2.84. The van der Waals surface area contributed by atoms with Gasteiger partial charge in [-0.1, -0.05) is 30.3 Å². The Morgan fingerprint density at radius 1 is 1.06 bits per heavy atom. The SMILES string of the molecule is O=C1CN(S(=O)(=O)c2cccc(NC(=O)c3ccccc3OCc3ccc(F)cc3)c2)CCN1. The fourth-order valence-electron chi connectivity index (χ4n) is 3.42. The molecule has 34 heavy (non-hydrogen) atoms. The number of nitrogens with one attached hydrogen (secondary N) is 2. The molecule has 176 valence electrons. The van der Waals surface area contributed by atoms with E-state index in [0.29, 0.717) is 5.75 Å².